The van der Waals surface area contributed by atoms with E-state index in [9.17, 15) is 13.6 Å². The van der Waals surface area contributed by atoms with E-state index in [0.717, 1.165) is 36.2 Å². The Hall–Kier alpha value is -2.63. The number of fused-ring (bicyclic) bond motifs is 1. The second-order valence-corrected chi connectivity index (χ2v) is 5.54. The Kier molecular flexibility index (Phi) is 4.93. The smallest absolute Gasteiger partial charge is 0.321 e. The first kappa shape index (κ1) is 16.2. The van der Waals surface area contributed by atoms with Gasteiger partial charge in [0.15, 0.2) is 11.6 Å². The lowest BCUT2D eigenvalue weighted by molar-refractivity contribution is 0.241. The van der Waals surface area contributed by atoms with Crippen LogP contribution in [0.1, 0.15) is 12.0 Å². The van der Waals surface area contributed by atoms with Crippen molar-refractivity contribution in [2.45, 2.75) is 12.8 Å². The summed E-state index contributed by atoms with van der Waals surface area (Å²) in [4.78, 5) is 14.0. The molecule has 24 heavy (non-hydrogen) atoms. The maximum absolute atomic E-state index is 13.1. The van der Waals surface area contributed by atoms with Crippen LogP contribution in [0.2, 0.25) is 0 Å². The van der Waals surface area contributed by atoms with Crippen molar-refractivity contribution in [3.63, 3.8) is 0 Å². The van der Waals surface area contributed by atoms with Gasteiger partial charge in [-0.2, -0.15) is 0 Å². The van der Waals surface area contributed by atoms with Crippen molar-refractivity contribution in [3.05, 3.63) is 59.7 Å². The predicted octanol–water partition coefficient (Wildman–Crippen LogP) is 3.51. The van der Waals surface area contributed by atoms with Gasteiger partial charge in [-0.1, -0.05) is 18.2 Å². The number of nitrogens with zero attached hydrogens (tertiary/aromatic N) is 1. The van der Waals surface area contributed by atoms with Gasteiger partial charge in [0.2, 0.25) is 0 Å². The minimum Gasteiger partial charge on any atom is -0.492 e. The number of rotatable bonds is 4. The number of aryl methyl sites for hydroxylation is 1. The number of halogens is 2. The molecule has 2 aromatic rings. The van der Waals surface area contributed by atoms with E-state index < -0.39 is 11.6 Å². The van der Waals surface area contributed by atoms with Crippen LogP contribution in [0.4, 0.5) is 19.3 Å². The van der Waals surface area contributed by atoms with Gasteiger partial charge in [0.05, 0.1) is 6.54 Å². The Balaban J connectivity index is 1.50. The molecule has 126 valence electrons. The van der Waals surface area contributed by atoms with E-state index in [1.807, 2.05) is 24.3 Å². The Morgan fingerprint density at radius 3 is 2.83 bits per heavy atom. The van der Waals surface area contributed by atoms with Crippen LogP contribution in [0, 0.1) is 11.6 Å². The number of amides is 2. The molecule has 4 nitrogen and oxygen atoms in total. The van der Waals surface area contributed by atoms with Crippen molar-refractivity contribution in [3.8, 4) is 5.75 Å². The van der Waals surface area contributed by atoms with Gasteiger partial charge >= 0.3 is 6.03 Å². The number of ether oxygens (including phenoxy) is 1. The van der Waals surface area contributed by atoms with E-state index in [2.05, 4.69) is 5.32 Å². The third-order valence-corrected chi connectivity index (χ3v) is 3.89. The van der Waals surface area contributed by atoms with Crippen LogP contribution in [0.5, 0.6) is 5.75 Å². The second kappa shape index (κ2) is 7.29. The van der Waals surface area contributed by atoms with E-state index in [1.54, 1.807) is 4.90 Å². The number of benzene rings is 2. The molecule has 1 aliphatic rings. The lowest BCUT2D eigenvalue weighted by Gasteiger charge is -2.29. The van der Waals surface area contributed by atoms with Gasteiger partial charge < -0.3 is 10.1 Å². The summed E-state index contributed by atoms with van der Waals surface area (Å²) in [5.74, 6) is -1.65. The fraction of sp³-hybridized carbons (Fsp3) is 0.278. The van der Waals surface area contributed by atoms with Crippen LogP contribution in [-0.2, 0) is 6.42 Å². The number of para-hydroxylation sites is 1. The largest absolute Gasteiger partial charge is 0.492 e. The molecular formula is C18H18F2N2O2. The third-order valence-electron chi connectivity index (χ3n) is 3.89. The van der Waals surface area contributed by atoms with E-state index in [0.29, 0.717) is 6.54 Å². The molecule has 2 amide bonds. The van der Waals surface area contributed by atoms with Gasteiger partial charge in [-0.3, -0.25) is 4.90 Å². The zero-order chi connectivity index (χ0) is 16.9. The third kappa shape index (κ3) is 3.64. The van der Waals surface area contributed by atoms with Crippen molar-refractivity contribution in [2.75, 3.05) is 24.6 Å². The molecular weight excluding hydrogens is 314 g/mol. The molecule has 1 aliphatic heterocycles. The predicted molar refractivity (Wildman–Crippen MR) is 87.4 cm³/mol. The fourth-order valence-corrected chi connectivity index (χ4v) is 2.73. The number of hydrogen-bond donors (Lipinski definition) is 1. The molecule has 0 saturated carbocycles. The van der Waals surface area contributed by atoms with E-state index >= 15 is 0 Å². The average molecular weight is 332 g/mol. The Morgan fingerprint density at radius 2 is 2.00 bits per heavy atom. The normalized spacial score (nSPS) is 13.3. The number of anilines is 1. The highest BCUT2D eigenvalue weighted by Crippen LogP contribution is 2.26. The number of carbonyl (C=O) groups is 1. The van der Waals surface area contributed by atoms with Crippen LogP contribution in [0.15, 0.2) is 42.5 Å². The molecule has 0 unspecified atom stereocenters. The second-order valence-electron chi connectivity index (χ2n) is 5.54. The lowest BCUT2D eigenvalue weighted by Crippen LogP contribution is -2.44. The van der Waals surface area contributed by atoms with Crippen molar-refractivity contribution < 1.29 is 18.3 Å². The summed E-state index contributed by atoms with van der Waals surface area (Å²) in [6.45, 7) is 1.12. The first-order valence-electron chi connectivity index (χ1n) is 7.86. The first-order chi connectivity index (χ1) is 11.6. The highest BCUT2D eigenvalue weighted by molar-refractivity contribution is 5.93. The zero-order valence-corrected chi connectivity index (χ0v) is 13.1. The van der Waals surface area contributed by atoms with Gasteiger partial charge in [-0.25, -0.2) is 13.6 Å². The molecule has 3 rings (SSSR count). The maximum atomic E-state index is 13.1. The minimum atomic E-state index is -0.957. The summed E-state index contributed by atoms with van der Waals surface area (Å²) in [6.07, 6.45) is 1.90. The molecule has 6 heteroatoms. The quantitative estimate of drug-likeness (QED) is 0.871. The lowest BCUT2D eigenvalue weighted by atomic mass is 10.0. The molecule has 0 radical (unpaired) electrons. The number of hydrogen-bond acceptors (Lipinski definition) is 2. The standard InChI is InChI=1S/C18H18F2N2O2/c19-15-8-7-14(12-16(15)20)24-11-9-21-18(23)22-10-3-5-13-4-1-2-6-17(13)22/h1-2,4,6-8,12H,3,5,9-11H2,(H,21,23). The fourth-order valence-electron chi connectivity index (χ4n) is 2.73. The molecule has 1 N–H and O–H groups in total. The van der Waals surface area contributed by atoms with E-state index in [4.69, 9.17) is 4.74 Å². The van der Waals surface area contributed by atoms with Crippen molar-refractivity contribution in [1.82, 2.24) is 5.32 Å². The van der Waals surface area contributed by atoms with Crippen molar-refractivity contribution in [1.29, 1.82) is 0 Å². The molecule has 0 aliphatic carbocycles. The molecule has 0 spiro atoms. The highest BCUT2D eigenvalue weighted by atomic mass is 19.2. The summed E-state index contributed by atoms with van der Waals surface area (Å²) in [6, 6.07) is 11.0. The van der Waals surface area contributed by atoms with Crippen LogP contribution >= 0.6 is 0 Å². The molecule has 1 heterocycles. The molecule has 0 fully saturated rings. The van der Waals surface area contributed by atoms with Crippen LogP contribution in [0.25, 0.3) is 0 Å². The molecule has 0 atom stereocenters. The van der Waals surface area contributed by atoms with E-state index in [1.165, 1.54) is 6.07 Å². The van der Waals surface area contributed by atoms with Crippen LogP contribution in [0.3, 0.4) is 0 Å². The maximum Gasteiger partial charge on any atom is 0.321 e. The van der Waals surface area contributed by atoms with E-state index in [-0.39, 0.29) is 24.9 Å². The average Bonchev–Trinajstić information content (AvgIpc) is 2.61. The molecule has 0 bridgehead atoms. The number of carbonyl (C=O) groups excluding carboxylic acids is 1. The molecule has 0 saturated heterocycles. The summed E-state index contributed by atoms with van der Waals surface area (Å²) >= 11 is 0. The summed E-state index contributed by atoms with van der Waals surface area (Å²) in [7, 11) is 0. The SMILES string of the molecule is O=C(NCCOc1ccc(F)c(F)c1)N1CCCc2ccccc21. The van der Waals surface area contributed by atoms with Gasteiger partial charge in [-0.05, 0) is 36.6 Å². The number of nitrogens with one attached hydrogen (secondary N) is 1. The van der Waals surface area contributed by atoms with Crippen LogP contribution in [-0.4, -0.2) is 25.7 Å². The summed E-state index contributed by atoms with van der Waals surface area (Å²) < 4.78 is 31.2. The highest BCUT2D eigenvalue weighted by Gasteiger charge is 2.21. The van der Waals surface area contributed by atoms with Crippen molar-refractivity contribution >= 4 is 11.7 Å². The Morgan fingerprint density at radius 1 is 1.17 bits per heavy atom. The zero-order valence-electron chi connectivity index (χ0n) is 13.1. The molecule has 2 aromatic carbocycles. The number of urea groups is 1. The van der Waals surface area contributed by atoms with Gasteiger partial charge in [0.25, 0.3) is 0 Å². The van der Waals surface area contributed by atoms with Crippen molar-refractivity contribution in [2.24, 2.45) is 0 Å². The van der Waals surface area contributed by atoms with Gasteiger partial charge in [0, 0.05) is 18.3 Å². The summed E-state index contributed by atoms with van der Waals surface area (Å²) in [5, 5.41) is 2.78. The van der Waals surface area contributed by atoms with Gasteiger partial charge in [-0.15, -0.1) is 0 Å². The monoisotopic (exact) mass is 332 g/mol. The Bertz CT molecular complexity index is 737. The molecule has 0 aromatic heterocycles. The van der Waals surface area contributed by atoms with Crippen LogP contribution < -0.4 is 15.0 Å². The topological polar surface area (TPSA) is 41.6 Å². The summed E-state index contributed by atoms with van der Waals surface area (Å²) in [5.41, 5.74) is 2.10. The van der Waals surface area contributed by atoms with Gasteiger partial charge in [0.1, 0.15) is 12.4 Å². The Labute approximate surface area is 139 Å². The minimum absolute atomic E-state index is 0.173. The first-order valence-corrected chi connectivity index (χ1v) is 7.86.